The number of aromatic nitrogens is 1. The lowest BCUT2D eigenvalue weighted by Crippen LogP contribution is -2.06. The molecule has 3 heteroatoms. The molecular formula is C17H22N2O. The van der Waals surface area contributed by atoms with Crippen molar-refractivity contribution in [2.45, 2.75) is 32.7 Å². The van der Waals surface area contributed by atoms with E-state index < -0.39 is 0 Å². The van der Waals surface area contributed by atoms with Crippen LogP contribution in [0.25, 0.3) is 0 Å². The maximum absolute atomic E-state index is 5.87. The number of nitrogens with zero attached hydrogens (tertiary/aromatic N) is 1. The van der Waals surface area contributed by atoms with Crippen LogP contribution in [0, 0.1) is 0 Å². The van der Waals surface area contributed by atoms with Crippen molar-refractivity contribution in [3.63, 3.8) is 0 Å². The fourth-order valence-electron chi connectivity index (χ4n) is 2.03. The number of rotatable bonds is 6. The fraction of sp³-hybridized carbons (Fsp3) is 0.353. The second-order valence-electron chi connectivity index (χ2n) is 4.99. The van der Waals surface area contributed by atoms with Gasteiger partial charge in [0.2, 0.25) is 0 Å². The molecule has 106 valence electrons. The van der Waals surface area contributed by atoms with Crippen LogP contribution in [0.2, 0.25) is 0 Å². The molecule has 0 aliphatic rings. The third-order valence-corrected chi connectivity index (χ3v) is 3.44. The minimum atomic E-state index is 0.590. The molecule has 2 rings (SSSR count). The Morgan fingerprint density at radius 1 is 1.15 bits per heavy atom. The molecule has 3 nitrogen and oxygen atoms in total. The molecule has 0 amide bonds. The van der Waals surface area contributed by atoms with Gasteiger partial charge in [-0.3, -0.25) is 4.98 Å². The zero-order valence-corrected chi connectivity index (χ0v) is 12.4. The molecule has 0 aliphatic carbocycles. The molecule has 0 fully saturated rings. The highest BCUT2D eigenvalue weighted by molar-refractivity contribution is 5.34. The van der Waals surface area contributed by atoms with Crippen LogP contribution in [-0.4, -0.2) is 12.0 Å². The van der Waals surface area contributed by atoms with Crippen LogP contribution in [0.1, 0.15) is 37.4 Å². The molecule has 0 bridgehead atoms. The van der Waals surface area contributed by atoms with Crippen molar-refractivity contribution in [3.8, 4) is 11.5 Å². The van der Waals surface area contributed by atoms with Crippen LogP contribution >= 0.6 is 0 Å². The van der Waals surface area contributed by atoms with E-state index in [1.54, 1.807) is 6.20 Å². The van der Waals surface area contributed by atoms with E-state index in [0.29, 0.717) is 5.92 Å². The van der Waals surface area contributed by atoms with Crippen LogP contribution < -0.4 is 10.1 Å². The molecule has 0 radical (unpaired) electrons. The lowest BCUT2D eigenvalue weighted by molar-refractivity contribution is 0.480. The Labute approximate surface area is 121 Å². The Morgan fingerprint density at radius 2 is 1.90 bits per heavy atom. The summed E-state index contributed by atoms with van der Waals surface area (Å²) in [5, 5.41) is 3.08. The van der Waals surface area contributed by atoms with Gasteiger partial charge in [0.15, 0.2) is 0 Å². The maximum Gasteiger partial charge on any atom is 0.130 e. The van der Waals surface area contributed by atoms with Gasteiger partial charge in [-0.05, 0) is 43.1 Å². The molecule has 20 heavy (non-hydrogen) atoms. The predicted octanol–water partition coefficient (Wildman–Crippen LogP) is 4.11. The molecule has 1 unspecified atom stereocenters. The second-order valence-corrected chi connectivity index (χ2v) is 4.99. The maximum atomic E-state index is 5.87. The van der Waals surface area contributed by atoms with E-state index in [0.717, 1.165) is 30.2 Å². The van der Waals surface area contributed by atoms with Gasteiger partial charge in [0.1, 0.15) is 11.5 Å². The number of pyridine rings is 1. The highest BCUT2D eigenvalue weighted by Crippen LogP contribution is 2.25. The number of ether oxygens (including phenoxy) is 1. The van der Waals surface area contributed by atoms with E-state index in [2.05, 4.69) is 36.3 Å². The van der Waals surface area contributed by atoms with Crippen LogP contribution in [0.4, 0.5) is 0 Å². The van der Waals surface area contributed by atoms with E-state index in [1.807, 2.05) is 31.3 Å². The fourth-order valence-corrected chi connectivity index (χ4v) is 2.03. The first-order chi connectivity index (χ1) is 9.72. The molecule has 0 aliphatic heterocycles. The van der Waals surface area contributed by atoms with Crippen molar-refractivity contribution in [2.75, 3.05) is 7.05 Å². The summed E-state index contributed by atoms with van der Waals surface area (Å²) in [5.41, 5.74) is 2.33. The molecule has 0 saturated carbocycles. The predicted molar refractivity (Wildman–Crippen MR) is 82.2 cm³/mol. The van der Waals surface area contributed by atoms with E-state index in [9.17, 15) is 0 Å². The van der Waals surface area contributed by atoms with Crippen molar-refractivity contribution in [1.29, 1.82) is 0 Å². The van der Waals surface area contributed by atoms with Crippen molar-refractivity contribution >= 4 is 0 Å². The first kappa shape index (κ1) is 14.5. The average Bonchev–Trinajstić information content (AvgIpc) is 2.48. The SMILES string of the molecule is CCC(C)c1ccc(Oc2ccnc(CNC)c2)cc1. The van der Waals surface area contributed by atoms with Gasteiger partial charge < -0.3 is 10.1 Å². The smallest absolute Gasteiger partial charge is 0.130 e. The van der Waals surface area contributed by atoms with Crippen LogP contribution in [0.5, 0.6) is 11.5 Å². The third-order valence-electron chi connectivity index (χ3n) is 3.44. The zero-order chi connectivity index (χ0) is 14.4. The van der Waals surface area contributed by atoms with Gasteiger partial charge in [-0.15, -0.1) is 0 Å². The standard InChI is InChI=1S/C17H22N2O/c1-4-13(2)14-5-7-16(8-6-14)20-17-9-10-19-15(11-17)12-18-3/h5-11,13,18H,4,12H2,1-3H3. The molecule has 2 aromatic rings. The lowest BCUT2D eigenvalue weighted by atomic mass is 9.99. The Morgan fingerprint density at radius 3 is 2.55 bits per heavy atom. The zero-order valence-electron chi connectivity index (χ0n) is 12.4. The molecule has 1 heterocycles. The highest BCUT2D eigenvalue weighted by Gasteiger charge is 2.04. The van der Waals surface area contributed by atoms with Crippen LogP contribution in [-0.2, 0) is 6.54 Å². The van der Waals surface area contributed by atoms with Gasteiger partial charge in [-0.2, -0.15) is 0 Å². The van der Waals surface area contributed by atoms with E-state index in [4.69, 9.17) is 4.74 Å². The lowest BCUT2D eigenvalue weighted by Gasteiger charge is -2.11. The third kappa shape index (κ3) is 3.81. The molecule has 0 spiro atoms. The van der Waals surface area contributed by atoms with Crippen molar-refractivity contribution in [2.24, 2.45) is 0 Å². The van der Waals surface area contributed by atoms with Crippen molar-refractivity contribution < 1.29 is 4.74 Å². The summed E-state index contributed by atoms with van der Waals surface area (Å²) in [6.45, 7) is 5.18. The summed E-state index contributed by atoms with van der Waals surface area (Å²) >= 11 is 0. The van der Waals surface area contributed by atoms with E-state index >= 15 is 0 Å². The summed E-state index contributed by atoms with van der Waals surface area (Å²) in [7, 11) is 1.91. The number of benzene rings is 1. The van der Waals surface area contributed by atoms with Gasteiger partial charge in [0, 0.05) is 18.8 Å². The summed E-state index contributed by atoms with van der Waals surface area (Å²) in [5.74, 6) is 2.27. The summed E-state index contributed by atoms with van der Waals surface area (Å²) in [6.07, 6.45) is 2.92. The molecule has 1 aromatic carbocycles. The van der Waals surface area contributed by atoms with Crippen LogP contribution in [0.15, 0.2) is 42.6 Å². The quantitative estimate of drug-likeness (QED) is 0.857. The molecular weight excluding hydrogens is 248 g/mol. The van der Waals surface area contributed by atoms with Crippen molar-refractivity contribution in [1.82, 2.24) is 10.3 Å². The second kappa shape index (κ2) is 7.06. The van der Waals surface area contributed by atoms with E-state index in [1.165, 1.54) is 5.56 Å². The van der Waals surface area contributed by atoms with Gasteiger partial charge in [0.25, 0.3) is 0 Å². The summed E-state index contributed by atoms with van der Waals surface area (Å²) in [6, 6.07) is 12.2. The molecule has 1 aromatic heterocycles. The van der Waals surface area contributed by atoms with Gasteiger partial charge in [-0.25, -0.2) is 0 Å². The van der Waals surface area contributed by atoms with Crippen molar-refractivity contribution in [3.05, 3.63) is 53.9 Å². The Kier molecular flexibility index (Phi) is 5.13. The number of nitrogens with one attached hydrogen (secondary N) is 1. The van der Waals surface area contributed by atoms with Gasteiger partial charge in [-0.1, -0.05) is 26.0 Å². The number of hydrogen-bond donors (Lipinski definition) is 1. The molecule has 1 N–H and O–H groups in total. The summed E-state index contributed by atoms with van der Waals surface area (Å²) in [4.78, 5) is 4.28. The number of hydrogen-bond acceptors (Lipinski definition) is 3. The van der Waals surface area contributed by atoms with Crippen LogP contribution in [0.3, 0.4) is 0 Å². The first-order valence-corrected chi connectivity index (χ1v) is 7.10. The highest BCUT2D eigenvalue weighted by atomic mass is 16.5. The minimum Gasteiger partial charge on any atom is -0.457 e. The topological polar surface area (TPSA) is 34.1 Å². The first-order valence-electron chi connectivity index (χ1n) is 7.10. The summed E-state index contributed by atoms with van der Waals surface area (Å²) < 4.78 is 5.87. The monoisotopic (exact) mass is 270 g/mol. The van der Waals surface area contributed by atoms with Gasteiger partial charge in [0.05, 0.1) is 5.69 Å². The average molecular weight is 270 g/mol. The minimum absolute atomic E-state index is 0.590. The largest absolute Gasteiger partial charge is 0.457 e. The van der Waals surface area contributed by atoms with Gasteiger partial charge >= 0.3 is 0 Å². The Hall–Kier alpha value is -1.87. The Balaban J connectivity index is 2.08. The normalized spacial score (nSPS) is 12.2. The Bertz CT molecular complexity index is 537. The van der Waals surface area contributed by atoms with E-state index in [-0.39, 0.29) is 0 Å². The molecule has 0 saturated heterocycles. The molecule has 1 atom stereocenters.